The van der Waals surface area contributed by atoms with Crippen molar-refractivity contribution in [2.24, 2.45) is 0 Å². The van der Waals surface area contributed by atoms with Crippen molar-refractivity contribution in [3.63, 3.8) is 0 Å². The van der Waals surface area contributed by atoms with E-state index in [1.165, 1.54) is 41.3 Å². The molecule has 0 aliphatic rings. The Morgan fingerprint density at radius 2 is 1.70 bits per heavy atom. The van der Waals surface area contributed by atoms with Crippen LogP contribution in [0.5, 0.6) is 5.75 Å². The third-order valence-electron chi connectivity index (χ3n) is 6.73. The largest absolute Gasteiger partial charge is 0.508 e. The van der Waals surface area contributed by atoms with Gasteiger partial charge >= 0.3 is 12.1 Å². The number of esters is 1. The molecule has 4 aromatic rings. The van der Waals surface area contributed by atoms with Gasteiger partial charge in [0.25, 0.3) is 11.8 Å². The number of rotatable bonds is 11. The van der Waals surface area contributed by atoms with Crippen LogP contribution in [-0.4, -0.2) is 68.4 Å². The highest BCUT2D eigenvalue weighted by Crippen LogP contribution is 2.28. The molecule has 13 heteroatoms. The Labute approximate surface area is 253 Å². The minimum absolute atomic E-state index is 0.0135. The van der Waals surface area contributed by atoms with Crippen LogP contribution in [0.3, 0.4) is 0 Å². The molecule has 3 amide bonds. The van der Waals surface area contributed by atoms with Gasteiger partial charge in [-0.25, -0.2) is 24.0 Å². The highest BCUT2D eigenvalue weighted by Gasteiger charge is 2.28. The van der Waals surface area contributed by atoms with Crippen molar-refractivity contribution in [2.75, 3.05) is 25.2 Å². The SMILES string of the molecule is CCCNC(=O)c1ccc(C)c(Nc2ncnn3cc(C(=O)N(CCC)C(=O)OCOC(=O)c4ccc(O)cc4)c(C)c23)c1. The average Bonchev–Trinajstić information content (AvgIpc) is 3.36. The molecule has 2 heterocycles. The Kier molecular flexibility index (Phi) is 10.1. The molecule has 0 atom stereocenters. The fraction of sp³-hybridized carbons (Fsp3) is 0.290. The van der Waals surface area contributed by atoms with E-state index in [0.717, 1.165) is 16.9 Å². The molecule has 0 aliphatic carbocycles. The predicted octanol–water partition coefficient (Wildman–Crippen LogP) is 4.74. The second-order valence-electron chi connectivity index (χ2n) is 9.94. The van der Waals surface area contributed by atoms with Crippen molar-refractivity contribution in [1.29, 1.82) is 0 Å². The predicted molar refractivity (Wildman–Crippen MR) is 161 cm³/mol. The van der Waals surface area contributed by atoms with Crippen molar-refractivity contribution in [1.82, 2.24) is 24.8 Å². The molecule has 0 unspecified atom stereocenters. The molecule has 0 spiro atoms. The Hall–Kier alpha value is -5.46. The van der Waals surface area contributed by atoms with Gasteiger partial charge in [-0.1, -0.05) is 19.9 Å². The zero-order chi connectivity index (χ0) is 31.8. The number of aromatic nitrogens is 3. The van der Waals surface area contributed by atoms with Gasteiger partial charge in [-0.15, -0.1) is 0 Å². The van der Waals surface area contributed by atoms with E-state index in [1.54, 1.807) is 26.0 Å². The number of hydrogen-bond donors (Lipinski definition) is 3. The summed E-state index contributed by atoms with van der Waals surface area (Å²) < 4.78 is 11.6. The molecule has 0 saturated carbocycles. The average molecular weight is 603 g/mol. The molecule has 0 radical (unpaired) electrons. The first-order valence-electron chi connectivity index (χ1n) is 14.1. The molecule has 0 bridgehead atoms. The lowest BCUT2D eigenvalue weighted by Gasteiger charge is -2.19. The highest BCUT2D eigenvalue weighted by atomic mass is 16.7. The zero-order valence-corrected chi connectivity index (χ0v) is 24.9. The maximum atomic E-state index is 13.6. The van der Waals surface area contributed by atoms with Gasteiger partial charge in [-0.05, 0) is 74.2 Å². The van der Waals surface area contributed by atoms with E-state index in [9.17, 15) is 24.3 Å². The Morgan fingerprint density at radius 1 is 0.977 bits per heavy atom. The molecule has 0 aliphatic heterocycles. The van der Waals surface area contributed by atoms with Crippen molar-refractivity contribution in [3.8, 4) is 5.75 Å². The fourth-order valence-electron chi connectivity index (χ4n) is 4.37. The van der Waals surface area contributed by atoms with Crippen molar-refractivity contribution in [2.45, 2.75) is 40.5 Å². The number of aromatic hydroxyl groups is 1. The van der Waals surface area contributed by atoms with Crippen LogP contribution in [0.4, 0.5) is 16.3 Å². The monoisotopic (exact) mass is 602 g/mol. The second kappa shape index (κ2) is 14.1. The summed E-state index contributed by atoms with van der Waals surface area (Å²) in [5, 5.41) is 19.7. The number of carbonyl (C=O) groups is 4. The maximum Gasteiger partial charge on any atom is 0.419 e. The van der Waals surface area contributed by atoms with Gasteiger partial charge in [-0.3, -0.25) is 9.59 Å². The summed E-state index contributed by atoms with van der Waals surface area (Å²) in [5.74, 6) is -1.19. The molecule has 0 fully saturated rings. The molecule has 3 N–H and O–H groups in total. The Morgan fingerprint density at radius 3 is 2.41 bits per heavy atom. The van der Waals surface area contributed by atoms with E-state index in [-0.39, 0.29) is 29.3 Å². The van der Waals surface area contributed by atoms with Gasteiger partial charge in [0.2, 0.25) is 6.79 Å². The first-order chi connectivity index (χ1) is 21.1. The summed E-state index contributed by atoms with van der Waals surface area (Å²) in [6, 6.07) is 10.7. The number of hydrogen-bond acceptors (Lipinski definition) is 10. The van der Waals surface area contributed by atoms with E-state index < -0.39 is 24.8 Å². The minimum atomic E-state index is -0.983. The number of fused-ring (bicyclic) bond motifs is 1. The number of imide groups is 1. The van der Waals surface area contributed by atoms with Crippen LogP contribution < -0.4 is 10.6 Å². The quantitative estimate of drug-likeness (QED) is 0.161. The normalized spacial score (nSPS) is 10.7. The number of ether oxygens (including phenoxy) is 2. The molecular formula is C31H34N6O7. The van der Waals surface area contributed by atoms with E-state index in [1.807, 2.05) is 19.9 Å². The van der Waals surface area contributed by atoms with Gasteiger partial charge < -0.3 is 25.2 Å². The van der Waals surface area contributed by atoms with Crippen LogP contribution in [0.15, 0.2) is 55.0 Å². The summed E-state index contributed by atoms with van der Waals surface area (Å²) in [7, 11) is 0. The molecule has 2 aromatic carbocycles. The number of nitrogens with one attached hydrogen (secondary N) is 2. The number of amides is 3. The number of phenolic OH excluding ortho intramolecular Hbond substituents is 1. The van der Waals surface area contributed by atoms with Crippen LogP contribution in [0.1, 0.15) is 68.9 Å². The van der Waals surface area contributed by atoms with Gasteiger partial charge in [0.1, 0.15) is 17.6 Å². The smallest absolute Gasteiger partial charge is 0.419 e. The summed E-state index contributed by atoms with van der Waals surface area (Å²) in [4.78, 5) is 56.6. The molecule has 2 aromatic heterocycles. The topological polar surface area (TPSA) is 164 Å². The second-order valence-corrected chi connectivity index (χ2v) is 9.94. The fourth-order valence-corrected chi connectivity index (χ4v) is 4.37. The third kappa shape index (κ3) is 7.12. The highest BCUT2D eigenvalue weighted by molar-refractivity contribution is 6.06. The van der Waals surface area contributed by atoms with E-state index in [0.29, 0.717) is 41.1 Å². The number of phenols is 1. The van der Waals surface area contributed by atoms with E-state index in [4.69, 9.17) is 9.47 Å². The van der Waals surface area contributed by atoms with Crippen molar-refractivity contribution in [3.05, 3.63) is 82.8 Å². The van der Waals surface area contributed by atoms with Crippen LogP contribution in [0.25, 0.3) is 5.52 Å². The van der Waals surface area contributed by atoms with Gasteiger partial charge in [0.05, 0.1) is 11.1 Å². The lowest BCUT2D eigenvalue weighted by Crippen LogP contribution is -2.38. The van der Waals surface area contributed by atoms with Crippen molar-refractivity contribution >= 4 is 40.9 Å². The van der Waals surface area contributed by atoms with Crippen LogP contribution in [-0.2, 0) is 9.47 Å². The molecule has 44 heavy (non-hydrogen) atoms. The van der Waals surface area contributed by atoms with Crippen LogP contribution in [0, 0.1) is 13.8 Å². The summed E-state index contributed by atoms with van der Waals surface area (Å²) >= 11 is 0. The minimum Gasteiger partial charge on any atom is -0.508 e. The van der Waals surface area contributed by atoms with E-state index in [2.05, 4.69) is 20.7 Å². The number of carbonyl (C=O) groups excluding carboxylic acids is 4. The maximum absolute atomic E-state index is 13.6. The lowest BCUT2D eigenvalue weighted by atomic mass is 10.1. The number of aryl methyl sites for hydroxylation is 2. The third-order valence-corrected chi connectivity index (χ3v) is 6.73. The Bertz CT molecular complexity index is 1680. The molecule has 13 nitrogen and oxygen atoms in total. The zero-order valence-electron chi connectivity index (χ0n) is 24.9. The van der Waals surface area contributed by atoms with Crippen LogP contribution >= 0.6 is 0 Å². The number of benzene rings is 2. The molecule has 0 saturated heterocycles. The number of anilines is 2. The van der Waals surface area contributed by atoms with Crippen molar-refractivity contribution < 1.29 is 33.8 Å². The first-order valence-corrected chi connectivity index (χ1v) is 14.1. The molecule has 230 valence electrons. The summed E-state index contributed by atoms with van der Waals surface area (Å²) in [5.41, 5.74) is 3.39. The van der Waals surface area contributed by atoms with Crippen LogP contribution in [0.2, 0.25) is 0 Å². The van der Waals surface area contributed by atoms with Gasteiger partial charge in [0.15, 0.2) is 5.82 Å². The van der Waals surface area contributed by atoms with Gasteiger partial charge in [0, 0.05) is 30.5 Å². The van der Waals surface area contributed by atoms with Gasteiger partial charge in [-0.2, -0.15) is 5.10 Å². The first kappa shape index (κ1) is 31.5. The molecular weight excluding hydrogens is 568 g/mol. The lowest BCUT2D eigenvalue weighted by molar-refractivity contribution is -0.0105. The number of nitrogens with zero attached hydrogens (tertiary/aromatic N) is 4. The van der Waals surface area contributed by atoms with E-state index >= 15 is 0 Å². The molecule has 4 rings (SSSR count). The summed E-state index contributed by atoms with van der Waals surface area (Å²) in [6.45, 7) is 7.29. The summed E-state index contributed by atoms with van der Waals surface area (Å²) in [6.07, 6.45) is 3.12. The standard InChI is InChI=1S/C31H34N6O7/c1-5-13-32-28(39)22-8-7-19(3)25(15-22)35-27-26-20(4)24(16-37(26)34-17-33-27)29(40)36(14-6-2)31(42)44-18-43-30(41)21-9-11-23(38)12-10-21/h7-12,15-17,38H,5-6,13-14,18H2,1-4H3,(H,32,39)(H,33,34,35). The Balaban J connectivity index is 1.53.